The summed E-state index contributed by atoms with van der Waals surface area (Å²) in [5.74, 6) is -7.36. The average molecular weight is 884 g/mol. The van der Waals surface area contributed by atoms with E-state index in [1.807, 2.05) is 58.1 Å². The molecule has 3 aliphatic heterocycles. The monoisotopic (exact) mass is 884 g/mol. The summed E-state index contributed by atoms with van der Waals surface area (Å²) in [6.07, 6.45) is 13.0. The third kappa shape index (κ3) is 14.3. The fourth-order valence-corrected chi connectivity index (χ4v) is 9.78. The van der Waals surface area contributed by atoms with Crippen molar-refractivity contribution in [3.8, 4) is 0 Å². The van der Waals surface area contributed by atoms with Gasteiger partial charge in [0, 0.05) is 57.8 Å². The summed E-state index contributed by atoms with van der Waals surface area (Å²) in [6, 6.07) is -1.12. The minimum atomic E-state index is -2.42. The lowest BCUT2D eigenvalue weighted by atomic mass is 9.78. The molecule has 0 aromatic heterocycles. The molecule has 63 heavy (non-hydrogen) atoms. The molecule has 354 valence electrons. The molecule has 3 N–H and O–H groups in total. The maximum Gasteiger partial charge on any atom is 0.329 e. The summed E-state index contributed by atoms with van der Waals surface area (Å²) in [6.45, 7) is 12.9. The van der Waals surface area contributed by atoms with E-state index in [4.69, 9.17) is 18.9 Å². The number of esters is 1. The average Bonchev–Trinajstić information content (AvgIpc) is 3.25. The highest BCUT2D eigenvalue weighted by atomic mass is 16.6. The Morgan fingerprint density at radius 2 is 1.57 bits per heavy atom. The van der Waals surface area contributed by atoms with Gasteiger partial charge >= 0.3 is 5.97 Å². The molecular weight excluding hydrogens is 807 g/mol. The molecule has 0 radical (unpaired) electrons. The van der Waals surface area contributed by atoms with Crippen LogP contribution in [0.3, 0.4) is 0 Å². The molecule has 4 aliphatic rings. The zero-order valence-electron chi connectivity index (χ0n) is 39.3. The Balaban J connectivity index is 1.67. The van der Waals surface area contributed by atoms with Crippen LogP contribution in [0.25, 0.3) is 0 Å². The van der Waals surface area contributed by atoms with E-state index in [2.05, 4.69) is 0 Å². The summed E-state index contributed by atoms with van der Waals surface area (Å²) in [5, 5.41) is 33.5. The Hall–Kier alpha value is -3.33. The first-order valence-corrected chi connectivity index (χ1v) is 23.4. The van der Waals surface area contributed by atoms with Gasteiger partial charge in [0.25, 0.3) is 11.7 Å². The Bertz CT molecular complexity index is 1700. The molecule has 1 saturated carbocycles. The normalized spacial score (nSPS) is 40.1. The number of cyclic esters (lactones) is 1. The number of aliphatic hydroxyl groups is 3. The molecule has 3 fully saturated rings. The van der Waals surface area contributed by atoms with Gasteiger partial charge in [-0.3, -0.25) is 19.2 Å². The van der Waals surface area contributed by atoms with E-state index in [0.717, 1.165) is 12.0 Å². The van der Waals surface area contributed by atoms with Crippen LogP contribution in [0.4, 0.5) is 0 Å². The first-order chi connectivity index (χ1) is 29.8. The highest BCUT2D eigenvalue weighted by Crippen LogP contribution is 2.37. The quantitative estimate of drug-likeness (QED) is 0.154. The summed E-state index contributed by atoms with van der Waals surface area (Å²) in [5.41, 5.74) is 1.39. The number of rotatable bonds is 5. The van der Waals surface area contributed by atoms with E-state index in [-0.39, 0.29) is 67.1 Å². The maximum atomic E-state index is 14.3. The van der Waals surface area contributed by atoms with Gasteiger partial charge in [-0.15, -0.1) is 0 Å². The molecule has 3 heterocycles. The second kappa shape index (κ2) is 24.3. The van der Waals surface area contributed by atoms with E-state index in [1.54, 1.807) is 41.1 Å². The third-order valence-corrected chi connectivity index (χ3v) is 14.2. The van der Waals surface area contributed by atoms with Crippen molar-refractivity contribution in [1.82, 2.24) is 4.90 Å². The molecule has 2 saturated heterocycles. The lowest BCUT2D eigenvalue weighted by Gasteiger charge is -2.42. The zero-order valence-corrected chi connectivity index (χ0v) is 39.3. The number of fused-ring (bicyclic) bond motifs is 3. The van der Waals surface area contributed by atoms with Gasteiger partial charge in [0.15, 0.2) is 0 Å². The highest BCUT2D eigenvalue weighted by molar-refractivity contribution is 6.39. The topological polar surface area (TPSA) is 186 Å². The van der Waals surface area contributed by atoms with Crippen molar-refractivity contribution in [3.05, 3.63) is 47.6 Å². The van der Waals surface area contributed by atoms with Crippen molar-refractivity contribution in [1.29, 1.82) is 0 Å². The fraction of sp³-hybridized carbons (Fsp3) is 0.740. The smallest absolute Gasteiger partial charge is 0.329 e. The molecule has 2 bridgehead atoms. The first-order valence-electron chi connectivity index (χ1n) is 23.4. The Morgan fingerprint density at radius 3 is 2.27 bits per heavy atom. The number of hydrogen-bond acceptors (Lipinski definition) is 12. The fourth-order valence-electron chi connectivity index (χ4n) is 9.78. The van der Waals surface area contributed by atoms with Crippen LogP contribution in [-0.2, 0) is 42.9 Å². The molecular formula is C50H77NO12. The molecule has 4 rings (SSSR count). The molecule has 14 atom stereocenters. The number of carbonyl (C=O) groups excluding carboxylic acids is 5. The summed E-state index contributed by atoms with van der Waals surface area (Å²) < 4.78 is 23.8. The molecule has 0 spiro atoms. The van der Waals surface area contributed by atoms with Crippen LogP contribution in [0.2, 0.25) is 0 Å². The summed E-state index contributed by atoms with van der Waals surface area (Å²) in [7, 11) is 3.15. The minimum absolute atomic E-state index is 0.0725. The predicted molar refractivity (Wildman–Crippen MR) is 239 cm³/mol. The van der Waals surface area contributed by atoms with E-state index in [0.29, 0.717) is 63.4 Å². The standard InChI is InChI=1S/C50H77NO12/c1-30-15-11-10-12-16-31(2)44(60-8)27-38-20-18-36(7)50(59,63-38)47(56)48(57)51-22-14-13-17-39(51)49(58)62-45(35(6)25-37-19-21-40(52)46(26-37)61-9)29-43(55)34(5)24-33(4)42(54)28-41(53)32(3)23-30/h10-12,15-16,24,30,32,34-40,42,44-46,52,54,59H,13-14,17-23,25-29H2,1-9H3/b12-10+,15-11+,31-16+,33-24+/t30-,32-,34-,35-,36-,37?,38+,39?,40-,42+,44+,45+,46-,50-/m1/s1. The van der Waals surface area contributed by atoms with Crippen molar-refractivity contribution < 1.29 is 58.2 Å². The number of piperidine rings is 1. The van der Waals surface area contributed by atoms with Gasteiger partial charge in [0.1, 0.15) is 23.7 Å². The summed E-state index contributed by atoms with van der Waals surface area (Å²) in [4.78, 5) is 71.1. The van der Waals surface area contributed by atoms with Crippen LogP contribution >= 0.6 is 0 Å². The molecule has 13 nitrogen and oxygen atoms in total. The van der Waals surface area contributed by atoms with Gasteiger partial charge < -0.3 is 39.2 Å². The zero-order chi connectivity index (χ0) is 46.6. The largest absolute Gasteiger partial charge is 0.460 e. The van der Waals surface area contributed by atoms with Crippen LogP contribution in [0.5, 0.6) is 0 Å². The SMILES string of the molecule is CO[C@H]1C[C@@H]2CC[C@@H](C)[C@@](O)(O2)C(=O)C(=O)N2CCCCC2C(=O)O[C@H]([C@H](C)CC2CC[C@@H](O)[C@H](OC)C2)CC(=O)[C@H](C)/C=C(\C)[C@@H](O)CC(=O)[C@H](C)C[C@H](C)/C=C/C=C/C=C/1C. The van der Waals surface area contributed by atoms with E-state index >= 15 is 0 Å². The predicted octanol–water partition coefficient (Wildman–Crippen LogP) is 6.56. The number of aliphatic hydroxyl groups excluding tert-OH is 2. The maximum absolute atomic E-state index is 14.3. The van der Waals surface area contributed by atoms with E-state index < -0.39 is 71.8 Å². The molecule has 2 unspecified atom stereocenters. The van der Waals surface area contributed by atoms with Crippen LogP contribution < -0.4 is 0 Å². The number of Topliss-reactive ketones (excluding diaryl/α,β-unsaturated/α-hetero) is 3. The number of hydrogen-bond donors (Lipinski definition) is 3. The third-order valence-electron chi connectivity index (χ3n) is 14.2. The number of allylic oxidation sites excluding steroid dienone is 6. The summed E-state index contributed by atoms with van der Waals surface area (Å²) >= 11 is 0. The van der Waals surface area contributed by atoms with Crippen LogP contribution in [0.1, 0.15) is 132 Å². The Kier molecular flexibility index (Phi) is 20.1. The second-order valence-corrected chi connectivity index (χ2v) is 19.3. The van der Waals surface area contributed by atoms with Gasteiger partial charge in [-0.25, -0.2) is 4.79 Å². The van der Waals surface area contributed by atoms with Gasteiger partial charge in [-0.1, -0.05) is 71.1 Å². The number of amides is 1. The van der Waals surface area contributed by atoms with E-state index in [9.17, 15) is 39.3 Å². The molecule has 0 aromatic rings. The molecule has 13 heteroatoms. The van der Waals surface area contributed by atoms with E-state index in [1.165, 1.54) is 4.90 Å². The highest BCUT2D eigenvalue weighted by Gasteiger charge is 2.53. The van der Waals surface area contributed by atoms with Crippen molar-refractivity contribution in [2.24, 2.45) is 35.5 Å². The van der Waals surface area contributed by atoms with Crippen molar-refractivity contribution >= 4 is 29.2 Å². The van der Waals surface area contributed by atoms with Crippen LogP contribution in [0, 0.1) is 35.5 Å². The molecule has 1 aliphatic carbocycles. The van der Waals surface area contributed by atoms with Crippen molar-refractivity contribution in [3.63, 3.8) is 0 Å². The second-order valence-electron chi connectivity index (χ2n) is 19.3. The number of carbonyl (C=O) groups is 5. The lowest BCUT2D eigenvalue weighted by molar-refractivity contribution is -0.265. The Labute approximate surface area is 375 Å². The number of nitrogens with zero attached hydrogens (tertiary/aromatic N) is 1. The van der Waals surface area contributed by atoms with Crippen molar-refractivity contribution in [2.45, 2.75) is 180 Å². The minimum Gasteiger partial charge on any atom is -0.460 e. The molecule has 1 amide bonds. The number of ether oxygens (including phenoxy) is 4. The lowest BCUT2D eigenvalue weighted by Crippen LogP contribution is -2.61. The van der Waals surface area contributed by atoms with Crippen LogP contribution in [-0.4, -0.2) is 119 Å². The van der Waals surface area contributed by atoms with Gasteiger partial charge in [-0.2, -0.15) is 0 Å². The Morgan fingerprint density at radius 1 is 0.841 bits per heavy atom. The van der Waals surface area contributed by atoms with Gasteiger partial charge in [0.2, 0.25) is 5.79 Å². The van der Waals surface area contributed by atoms with Crippen molar-refractivity contribution in [2.75, 3.05) is 20.8 Å². The number of methoxy groups -OCH3 is 2. The first kappa shape index (κ1) is 52.3. The molecule has 0 aromatic carbocycles. The van der Waals surface area contributed by atoms with Crippen LogP contribution in [0.15, 0.2) is 47.6 Å². The van der Waals surface area contributed by atoms with Gasteiger partial charge in [-0.05, 0) is 107 Å². The number of ketones is 3. The van der Waals surface area contributed by atoms with Gasteiger partial charge in [0.05, 0.1) is 30.5 Å².